The van der Waals surface area contributed by atoms with Crippen LogP contribution in [0, 0.1) is 6.92 Å². The van der Waals surface area contributed by atoms with Crippen molar-refractivity contribution in [3.8, 4) is 5.75 Å². The molecule has 0 amide bonds. The van der Waals surface area contributed by atoms with E-state index in [9.17, 15) is 8.42 Å². The minimum Gasteiger partial charge on any atom is -0.495 e. The van der Waals surface area contributed by atoms with Crippen molar-refractivity contribution >= 4 is 10.1 Å². The molecule has 4 nitrogen and oxygen atoms in total. The van der Waals surface area contributed by atoms with E-state index in [1.54, 1.807) is 19.1 Å². The van der Waals surface area contributed by atoms with E-state index in [0.29, 0.717) is 0 Å². The molecule has 78 valence electrons. The molecule has 0 aromatic heterocycles. The molecule has 0 saturated carbocycles. The maximum atomic E-state index is 11.4. The summed E-state index contributed by atoms with van der Waals surface area (Å²) in [5.74, 6) is 0.289. The smallest absolute Gasteiger partial charge is 0.300 e. The summed E-state index contributed by atoms with van der Waals surface area (Å²) >= 11 is 0. The zero-order valence-electron chi connectivity index (χ0n) is 8.27. The van der Waals surface area contributed by atoms with E-state index in [1.165, 1.54) is 13.2 Å². The summed E-state index contributed by atoms with van der Waals surface area (Å²) in [4.78, 5) is 0.0579. The summed E-state index contributed by atoms with van der Waals surface area (Å²) in [5, 5.41) is 0. The maximum absolute atomic E-state index is 11.4. The fourth-order valence-corrected chi connectivity index (χ4v) is 1.98. The van der Waals surface area contributed by atoms with Gasteiger partial charge in [0.25, 0.3) is 10.1 Å². The molecule has 0 radical (unpaired) electrons. The van der Waals surface area contributed by atoms with E-state index in [-0.39, 0.29) is 10.6 Å². The Morgan fingerprint density at radius 2 is 1.86 bits per heavy atom. The number of hydrogen-bond donors (Lipinski definition) is 0. The first-order chi connectivity index (χ1) is 6.51. The second kappa shape index (κ2) is 3.98. The van der Waals surface area contributed by atoms with Gasteiger partial charge in [-0.25, -0.2) is 0 Å². The maximum Gasteiger partial charge on any atom is 0.300 e. The van der Waals surface area contributed by atoms with Gasteiger partial charge >= 0.3 is 0 Å². The van der Waals surface area contributed by atoms with Crippen LogP contribution in [0.15, 0.2) is 23.1 Å². The number of benzene rings is 1. The molecule has 0 unspecified atom stereocenters. The Labute approximate surface area is 83.6 Å². The van der Waals surface area contributed by atoms with Crippen LogP contribution in [-0.2, 0) is 14.3 Å². The second-order valence-corrected chi connectivity index (χ2v) is 4.46. The molecule has 1 rings (SSSR count). The molecule has 0 N–H and O–H groups in total. The fraction of sp³-hybridized carbons (Fsp3) is 0.333. The predicted molar refractivity (Wildman–Crippen MR) is 51.9 cm³/mol. The van der Waals surface area contributed by atoms with Crippen LogP contribution < -0.4 is 4.74 Å². The van der Waals surface area contributed by atoms with Gasteiger partial charge in [-0.05, 0) is 24.6 Å². The molecule has 1 aromatic rings. The van der Waals surface area contributed by atoms with Crippen molar-refractivity contribution in [2.45, 2.75) is 11.8 Å². The van der Waals surface area contributed by atoms with E-state index >= 15 is 0 Å². The lowest BCUT2D eigenvalue weighted by molar-refractivity contribution is 0.378. The van der Waals surface area contributed by atoms with Crippen LogP contribution in [0.4, 0.5) is 0 Å². The first kappa shape index (κ1) is 11.0. The zero-order chi connectivity index (χ0) is 10.8. The van der Waals surface area contributed by atoms with Gasteiger partial charge in [-0.3, -0.25) is 4.18 Å². The average molecular weight is 216 g/mol. The van der Waals surface area contributed by atoms with Gasteiger partial charge in [0.1, 0.15) is 10.6 Å². The number of methoxy groups -OCH3 is 1. The minimum atomic E-state index is -3.69. The Morgan fingerprint density at radius 1 is 1.21 bits per heavy atom. The van der Waals surface area contributed by atoms with Gasteiger partial charge in [0.2, 0.25) is 0 Å². The Hall–Kier alpha value is -1.07. The first-order valence-corrected chi connectivity index (χ1v) is 5.37. The summed E-state index contributed by atoms with van der Waals surface area (Å²) in [7, 11) is -1.15. The summed E-state index contributed by atoms with van der Waals surface area (Å²) < 4.78 is 32.2. The monoisotopic (exact) mass is 216 g/mol. The lowest BCUT2D eigenvalue weighted by atomic mass is 10.2. The van der Waals surface area contributed by atoms with E-state index in [1.807, 2.05) is 0 Å². The summed E-state index contributed by atoms with van der Waals surface area (Å²) in [6.45, 7) is 1.80. The van der Waals surface area contributed by atoms with Crippen molar-refractivity contribution in [1.29, 1.82) is 0 Å². The molecule has 0 aliphatic carbocycles. The number of aryl methyl sites for hydroxylation is 1. The molecule has 0 fully saturated rings. The molecule has 0 heterocycles. The molecule has 0 spiro atoms. The van der Waals surface area contributed by atoms with Crippen LogP contribution in [-0.4, -0.2) is 22.6 Å². The quantitative estimate of drug-likeness (QED) is 0.715. The van der Waals surface area contributed by atoms with Crippen LogP contribution in [0.1, 0.15) is 5.56 Å². The lowest BCUT2D eigenvalue weighted by Gasteiger charge is -2.08. The van der Waals surface area contributed by atoms with Gasteiger partial charge in [-0.1, -0.05) is 6.07 Å². The van der Waals surface area contributed by atoms with Crippen molar-refractivity contribution in [3.05, 3.63) is 23.8 Å². The summed E-state index contributed by atoms with van der Waals surface area (Å²) in [6, 6.07) is 4.88. The average Bonchev–Trinajstić information content (AvgIpc) is 2.18. The second-order valence-electron chi connectivity index (χ2n) is 2.78. The fourth-order valence-electron chi connectivity index (χ4n) is 1.07. The van der Waals surface area contributed by atoms with Crippen LogP contribution in [0.3, 0.4) is 0 Å². The third-order valence-electron chi connectivity index (χ3n) is 1.81. The highest BCUT2D eigenvalue weighted by molar-refractivity contribution is 7.86. The van der Waals surface area contributed by atoms with Gasteiger partial charge in [0.15, 0.2) is 0 Å². The predicted octanol–water partition coefficient (Wildman–Crippen LogP) is 1.34. The highest BCUT2D eigenvalue weighted by Crippen LogP contribution is 2.25. The summed E-state index contributed by atoms with van der Waals surface area (Å²) in [5.41, 5.74) is 0.835. The van der Waals surface area contributed by atoms with Crippen molar-refractivity contribution in [1.82, 2.24) is 0 Å². The topological polar surface area (TPSA) is 52.6 Å². The molecular formula is C9H12O4S. The molecule has 0 aliphatic heterocycles. The third kappa shape index (κ3) is 2.05. The molecule has 0 aliphatic rings. The number of ether oxygens (including phenoxy) is 1. The molecule has 5 heteroatoms. The normalized spacial score (nSPS) is 11.4. The molecule has 1 aromatic carbocycles. The standard InChI is InChI=1S/C9H12O4S/c1-7-4-5-8(12-2)9(6-7)14(10,11)13-3/h4-6H,1-3H3. The van der Waals surface area contributed by atoms with Gasteiger partial charge in [0.05, 0.1) is 14.2 Å². The first-order valence-electron chi connectivity index (χ1n) is 3.96. The largest absolute Gasteiger partial charge is 0.495 e. The summed E-state index contributed by atoms with van der Waals surface area (Å²) in [6.07, 6.45) is 0. The number of hydrogen-bond acceptors (Lipinski definition) is 4. The number of rotatable bonds is 3. The van der Waals surface area contributed by atoms with Crippen molar-refractivity contribution in [3.63, 3.8) is 0 Å². The Kier molecular flexibility index (Phi) is 3.13. The van der Waals surface area contributed by atoms with E-state index in [0.717, 1.165) is 12.7 Å². The van der Waals surface area contributed by atoms with Crippen molar-refractivity contribution in [2.24, 2.45) is 0 Å². The van der Waals surface area contributed by atoms with Crippen molar-refractivity contribution in [2.75, 3.05) is 14.2 Å². The lowest BCUT2D eigenvalue weighted by Crippen LogP contribution is -2.05. The third-order valence-corrected chi connectivity index (χ3v) is 3.10. The van der Waals surface area contributed by atoms with Crippen molar-refractivity contribution < 1.29 is 17.3 Å². The Balaban J connectivity index is 3.39. The highest BCUT2D eigenvalue weighted by atomic mass is 32.2. The van der Waals surface area contributed by atoms with Gasteiger partial charge in [0, 0.05) is 0 Å². The van der Waals surface area contributed by atoms with E-state index in [4.69, 9.17) is 4.74 Å². The Bertz CT molecular complexity index is 422. The Morgan fingerprint density at radius 3 is 2.36 bits per heavy atom. The minimum absolute atomic E-state index is 0.0579. The van der Waals surface area contributed by atoms with Crippen LogP contribution in [0.2, 0.25) is 0 Å². The molecule has 0 atom stereocenters. The van der Waals surface area contributed by atoms with E-state index < -0.39 is 10.1 Å². The molecule has 0 bridgehead atoms. The van der Waals surface area contributed by atoms with E-state index in [2.05, 4.69) is 4.18 Å². The molecule has 14 heavy (non-hydrogen) atoms. The highest BCUT2D eigenvalue weighted by Gasteiger charge is 2.18. The van der Waals surface area contributed by atoms with Gasteiger partial charge < -0.3 is 4.74 Å². The van der Waals surface area contributed by atoms with Crippen LogP contribution in [0.5, 0.6) is 5.75 Å². The van der Waals surface area contributed by atoms with Gasteiger partial charge in [-0.15, -0.1) is 0 Å². The molecule has 0 saturated heterocycles. The van der Waals surface area contributed by atoms with Crippen LogP contribution >= 0.6 is 0 Å². The van der Waals surface area contributed by atoms with Crippen LogP contribution in [0.25, 0.3) is 0 Å². The zero-order valence-corrected chi connectivity index (χ0v) is 9.09. The molecular weight excluding hydrogens is 204 g/mol. The SMILES string of the molecule is COc1ccc(C)cc1S(=O)(=O)OC. The van der Waals surface area contributed by atoms with Gasteiger partial charge in [-0.2, -0.15) is 8.42 Å².